The smallest absolute Gasteiger partial charge is 0.227 e. The number of carbonyl (C=O) groups excluding carboxylic acids is 1. The summed E-state index contributed by atoms with van der Waals surface area (Å²) in [4.78, 5) is 16.4. The van der Waals surface area contributed by atoms with E-state index >= 15 is 0 Å². The highest BCUT2D eigenvalue weighted by Crippen LogP contribution is 2.24. The summed E-state index contributed by atoms with van der Waals surface area (Å²) in [5.41, 5.74) is 1.54. The molecule has 0 atom stereocenters. The fourth-order valence-corrected chi connectivity index (χ4v) is 2.47. The first-order chi connectivity index (χ1) is 13.1. The van der Waals surface area contributed by atoms with Gasteiger partial charge in [-0.2, -0.15) is 0 Å². The van der Waals surface area contributed by atoms with Crippen molar-refractivity contribution in [3.8, 4) is 11.5 Å². The lowest BCUT2D eigenvalue weighted by atomic mass is 10.1. The van der Waals surface area contributed by atoms with Crippen molar-refractivity contribution < 1.29 is 18.7 Å². The van der Waals surface area contributed by atoms with E-state index in [1.807, 2.05) is 30.3 Å². The second-order valence-electron chi connectivity index (χ2n) is 5.78. The van der Waals surface area contributed by atoms with Crippen LogP contribution in [0.5, 0.6) is 11.5 Å². The van der Waals surface area contributed by atoms with Crippen LogP contribution >= 0.6 is 0 Å². The molecule has 3 rings (SSSR count). The number of aliphatic imine (C=N–C) groups is 1. The summed E-state index contributed by atoms with van der Waals surface area (Å²) >= 11 is 0. The van der Waals surface area contributed by atoms with Crippen LogP contribution in [0.3, 0.4) is 0 Å². The lowest BCUT2D eigenvalue weighted by Gasteiger charge is -2.12. The van der Waals surface area contributed by atoms with Crippen LogP contribution in [0.1, 0.15) is 22.8 Å². The maximum atomic E-state index is 13.5. The van der Waals surface area contributed by atoms with E-state index in [2.05, 4.69) is 4.99 Å². The number of methoxy groups -OCH3 is 1. The average molecular weight is 363 g/mol. The van der Waals surface area contributed by atoms with Gasteiger partial charge in [-0.05, 0) is 61.5 Å². The molecule has 0 aliphatic carbocycles. The van der Waals surface area contributed by atoms with Crippen LogP contribution in [0.25, 0.3) is 0 Å². The van der Waals surface area contributed by atoms with Crippen molar-refractivity contribution in [1.82, 2.24) is 0 Å². The molecule has 0 N–H and O–H groups in total. The Hall–Kier alpha value is -3.47. The molecule has 0 saturated carbocycles. The van der Waals surface area contributed by atoms with Crippen molar-refractivity contribution in [3.63, 3.8) is 0 Å². The molecule has 4 nitrogen and oxygen atoms in total. The summed E-state index contributed by atoms with van der Waals surface area (Å²) in [5.74, 6) is 0.477. The zero-order valence-corrected chi connectivity index (χ0v) is 15.0. The summed E-state index contributed by atoms with van der Waals surface area (Å²) in [6.07, 6.45) is 0. The number of carbonyl (C=O) groups is 1. The number of ketones is 1. The molecule has 0 radical (unpaired) electrons. The second kappa shape index (κ2) is 8.27. The van der Waals surface area contributed by atoms with Gasteiger partial charge in [0.2, 0.25) is 5.90 Å². The Morgan fingerprint density at radius 3 is 2.30 bits per heavy atom. The molecule has 0 heterocycles. The highest BCUT2D eigenvalue weighted by Gasteiger charge is 2.14. The molecule has 0 saturated heterocycles. The van der Waals surface area contributed by atoms with E-state index in [0.717, 1.165) is 11.6 Å². The van der Waals surface area contributed by atoms with Crippen LogP contribution in [0.2, 0.25) is 0 Å². The Balaban J connectivity index is 2.03. The fraction of sp³-hybridized carbons (Fsp3) is 0.0909. The van der Waals surface area contributed by atoms with Crippen LogP contribution in [0, 0.1) is 5.82 Å². The lowest BCUT2D eigenvalue weighted by Crippen LogP contribution is -2.12. The zero-order valence-electron chi connectivity index (χ0n) is 15.0. The van der Waals surface area contributed by atoms with Gasteiger partial charge in [0.15, 0.2) is 5.78 Å². The molecule has 0 aromatic heterocycles. The first-order valence-corrected chi connectivity index (χ1v) is 8.33. The summed E-state index contributed by atoms with van der Waals surface area (Å²) < 4.78 is 24.6. The molecule has 0 aliphatic heterocycles. The normalized spacial score (nSPS) is 11.1. The largest absolute Gasteiger partial charge is 0.497 e. The predicted octanol–water partition coefficient (Wildman–Crippen LogP) is 5.19. The maximum Gasteiger partial charge on any atom is 0.227 e. The third-order valence-electron chi connectivity index (χ3n) is 3.85. The van der Waals surface area contributed by atoms with Crippen molar-refractivity contribution in [1.29, 1.82) is 0 Å². The van der Waals surface area contributed by atoms with Gasteiger partial charge in [-0.25, -0.2) is 9.38 Å². The van der Waals surface area contributed by atoms with Gasteiger partial charge in [0.05, 0.1) is 18.4 Å². The molecule has 0 amide bonds. The number of halogens is 1. The van der Waals surface area contributed by atoms with E-state index in [9.17, 15) is 9.18 Å². The Bertz CT molecular complexity index is 967. The second-order valence-corrected chi connectivity index (χ2v) is 5.78. The Labute approximate surface area is 156 Å². The van der Waals surface area contributed by atoms with Crippen molar-refractivity contribution in [2.75, 3.05) is 7.11 Å². The third kappa shape index (κ3) is 4.58. The van der Waals surface area contributed by atoms with Crippen LogP contribution < -0.4 is 9.47 Å². The lowest BCUT2D eigenvalue weighted by molar-refractivity contribution is 0.101. The molecule has 0 aliphatic rings. The Kier molecular flexibility index (Phi) is 5.61. The van der Waals surface area contributed by atoms with Crippen molar-refractivity contribution in [3.05, 3.63) is 89.7 Å². The maximum absolute atomic E-state index is 13.5. The monoisotopic (exact) mass is 363 g/mol. The summed E-state index contributed by atoms with van der Waals surface area (Å²) in [6.45, 7) is 1.37. The first kappa shape index (κ1) is 18.3. The molecule has 0 bridgehead atoms. The quantitative estimate of drug-likeness (QED) is 0.356. The van der Waals surface area contributed by atoms with Crippen LogP contribution in [0.15, 0.2) is 77.8 Å². The van der Waals surface area contributed by atoms with Gasteiger partial charge in [-0.3, -0.25) is 4.79 Å². The molecule has 136 valence electrons. The van der Waals surface area contributed by atoms with E-state index in [4.69, 9.17) is 9.47 Å². The Morgan fingerprint density at radius 2 is 1.67 bits per heavy atom. The van der Waals surface area contributed by atoms with Gasteiger partial charge in [0.25, 0.3) is 0 Å². The van der Waals surface area contributed by atoms with Crippen LogP contribution in [-0.2, 0) is 0 Å². The predicted molar refractivity (Wildman–Crippen MR) is 103 cm³/mol. The molecule has 0 spiro atoms. The van der Waals surface area contributed by atoms with E-state index in [-0.39, 0.29) is 17.1 Å². The standard InChI is InChI=1S/C22H18FNO3/c1-15(25)20-14-17(23)8-13-21(20)27-22(16-6-4-3-5-7-16)24-18-9-11-19(26-2)12-10-18/h3-14H,1-2H3. The minimum atomic E-state index is -0.499. The Morgan fingerprint density at radius 1 is 0.963 bits per heavy atom. The van der Waals surface area contributed by atoms with E-state index in [1.165, 1.54) is 19.1 Å². The average Bonchev–Trinajstić information content (AvgIpc) is 2.69. The van der Waals surface area contributed by atoms with Gasteiger partial charge >= 0.3 is 0 Å². The highest BCUT2D eigenvalue weighted by atomic mass is 19.1. The number of rotatable bonds is 5. The zero-order chi connectivity index (χ0) is 19.2. The van der Waals surface area contributed by atoms with E-state index in [0.29, 0.717) is 17.3 Å². The van der Waals surface area contributed by atoms with E-state index < -0.39 is 5.82 Å². The van der Waals surface area contributed by atoms with Gasteiger partial charge in [0.1, 0.15) is 17.3 Å². The van der Waals surface area contributed by atoms with Crippen LogP contribution in [-0.4, -0.2) is 18.8 Å². The van der Waals surface area contributed by atoms with E-state index in [1.54, 1.807) is 31.4 Å². The first-order valence-electron chi connectivity index (χ1n) is 8.33. The summed E-state index contributed by atoms with van der Waals surface area (Å²) in [6, 6.07) is 20.3. The number of Topliss-reactive ketones (excluding diaryl/α,β-unsaturated/α-hetero) is 1. The molecule has 0 fully saturated rings. The number of hydrogen-bond donors (Lipinski definition) is 0. The van der Waals surface area contributed by atoms with Crippen LogP contribution in [0.4, 0.5) is 10.1 Å². The van der Waals surface area contributed by atoms with Crippen molar-refractivity contribution in [2.45, 2.75) is 6.92 Å². The topological polar surface area (TPSA) is 47.9 Å². The molecular weight excluding hydrogens is 345 g/mol. The van der Waals surface area contributed by atoms with Gasteiger partial charge in [-0.15, -0.1) is 0 Å². The molecule has 3 aromatic rings. The minimum Gasteiger partial charge on any atom is -0.497 e. The molecule has 27 heavy (non-hydrogen) atoms. The van der Waals surface area contributed by atoms with Gasteiger partial charge in [-0.1, -0.05) is 18.2 Å². The minimum absolute atomic E-state index is 0.161. The number of ether oxygens (including phenoxy) is 2. The number of hydrogen-bond acceptors (Lipinski definition) is 4. The van der Waals surface area contributed by atoms with Crippen molar-refractivity contribution >= 4 is 17.4 Å². The SMILES string of the molecule is COc1ccc(N=C(Oc2ccc(F)cc2C(C)=O)c2ccccc2)cc1. The fourth-order valence-electron chi connectivity index (χ4n) is 2.47. The third-order valence-corrected chi connectivity index (χ3v) is 3.85. The summed E-state index contributed by atoms with van der Waals surface area (Å²) in [5, 5.41) is 0. The van der Waals surface area contributed by atoms with Gasteiger partial charge < -0.3 is 9.47 Å². The molecular formula is C22H18FNO3. The molecule has 0 unspecified atom stereocenters. The highest BCUT2D eigenvalue weighted by molar-refractivity contribution is 6.01. The molecule has 5 heteroatoms. The number of benzene rings is 3. The number of nitrogens with zero attached hydrogens (tertiary/aromatic N) is 1. The van der Waals surface area contributed by atoms with Gasteiger partial charge in [0, 0.05) is 5.56 Å². The van der Waals surface area contributed by atoms with Crippen molar-refractivity contribution in [2.24, 2.45) is 4.99 Å². The molecule has 3 aromatic carbocycles. The summed E-state index contributed by atoms with van der Waals surface area (Å²) in [7, 11) is 1.59.